The van der Waals surface area contributed by atoms with Crippen LogP contribution in [0.2, 0.25) is 0 Å². The highest BCUT2D eigenvalue weighted by Gasteiger charge is 2.26. The van der Waals surface area contributed by atoms with Gasteiger partial charge in [0.15, 0.2) is 0 Å². The molecule has 0 saturated heterocycles. The molecule has 0 bridgehead atoms. The Balaban J connectivity index is 4.06. The van der Waals surface area contributed by atoms with Gasteiger partial charge in [0.25, 0.3) is 0 Å². The van der Waals surface area contributed by atoms with Crippen LogP contribution in [0.1, 0.15) is 112 Å². The maximum atomic E-state index is 3.72. The number of rotatable bonds is 15. The van der Waals surface area contributed by atoms with Crippen LogP contribution < -0.4 is 5.32 Å². The van der Waals surface area contributed by atoms with Gasteiger partial charge in [-0.3, -0.25) is 0 Å². The third-order valence-electron chi connectivity index (χ3n) is 5.01. The minimum absolute atomic E-state index is 0.559. The van der Waals surface area contributed by atoms with E-state index in [4.69, 9.17) is 0 Å². The van der Waals surface area contributed by atoms with Crippen LogP contribution in [0.25, 0.3) is 0 Å². The summed E-state index contributed by atoms with van der Waals surface area (Å²) in [5.74, 6) is 0. The maximum absolute atomic E-state index is 3.72. The molecule has 1 atom stereocenters. The zero-order valence-corrected chi connectivity index (χ0v) is 15.8. The van der Waals surface area contributed by atoms with Crippen LogP contribution in [0.15, 0.2) is 0 Å². The fourth-order valence-corrected chi connectivity index (χ4v) is 3.21. The van der Waals surface area contributed by atoms with Gasteiger partial charge in [-0.2, -0.15) is 0 Å². The molecule has 0 amide bonds. The summed E-state index contributed by atoms with van der Waals surface area (Å²) >= 11 is 0. The number of hydrogen-bond acceptors (Lipinski definition) is 1. The predicted octanol–water partition coefficient (Wildman–Crippen LogP) is 6.71. The molecule has 1 nitrogen and oxygen atoms in total. The number of nitrogens with one attached hydrogen (secondary N) is 1. The summed E-state index contributed by atoms with van der Waals surface area (Å²) in [7, 11) is 0. The van der Waals surface area contributed by atoms with E-state index in [-0.39, 0.29) is 0 Å². The van der Waals surface area contributed by atoms with E-state index < -0.39 is 0 Å². The largest absolute Gasteiger partial charge is 0.314 e. The Bertz CT molecular complexity index is 212. The molecule has 0 fully saturated rings. The molecule has 0 rings (SSSR count). The van der Waals surface area contributed by atoms with Crippen LogP contribution >= 0.6 is 0 Å². The Kier molecular flexibility index (Phi) is 13.6. The van der Waals surface area contributed by atoms with Gasteiger partial charge in [-0.25, -0.2) is 0 Å². The van der Waals surface area contributed by atoms with E-state index in [9.17, 15) is 0 Å². The lowest BCUT2D eigenvalue weighted by atomic mass is 9.75. The highest BCUT2D eigenvalue weighted by atomic mass is 14.9. The first kappa shape index (κ1) is 21.0. The molecule has 0 aliphatic heterocycles. The van der Waals surface area contributed by atoms with Gasteiger partial charge in [0.2, 0.25) is 0 Å². The first-order chi connectivity index (χ1) is 10.1. The van der Waals surface area contributed by atoms with Crippen LogP contribution in [0.3, 0.4) is 0 Å². The predicted molar refractivity (Wildman–Crippen MR) is 98.0 cm³/mol. The van der Waals surface area contributed by atoms with Crippen molar-refractivity contribution in [1.82, 2.24) is 5.32 Å². The summed E-state index contributed by atoms with van der Waals surface area (Å²) < 4.78 is 0. The monoisotopic (exact) mass is 297 g/mol. The summed E-state index contributed by atoms with van der Waals surface area (Å²) in [6.07, 6.45) is 16.9. The molecule has 0 spiro atoms. The molecule has 0 aromatic rings. The van der Waals surface area contributed by atoms with Crippen molar-refractivity contribution in [3.63, 3.8) is 0 Å². The van der Waals surface area contributed by atoms with Gasteiger partial charge in [-0.05, 0) is 24.7 Å². The lowest BCUT2D eigenvalue weighted by Gasteiger charge is -2.34. The molecular weight excluding hydrogens is 254 g/mol. The Labute approximate surface area is 135 Å². The first-order valence-corrected chi connectivity index (χ1v) is 9.83. The van der Waals surface area contributed by atoms with E-state index in [1.165, 1.54) is 83.6 Å². The van der Waals surface area contributed by atoms with E-state index >= 15 is 0 Å². The Morgan fingerprint density at radius 2 is 1.24 bits per heavy atom. The topological polar surface area (TPSA) is 12.0 Å². The summed E-state index contributed by atoms with van der Waals surface area (Å²) in [4.78, 5) is 0. The zero-order valence-electron chi connectivity index (χ0n) is 15.8. The number of unbranched alkanes of at least 4 members (excludes halogenated alkanes) is 7. The molecule has 128 valence electrons. The maximum Gasteiger partial charge on any atom is 0.00106 e. The van der Waals surface area contributed by atoms with Crippen LogP contribution in [0, 0.1) is 5.41 Å². The first-order valence-electron chi connectivity index (χ1n) is 9.83. The minimum atomic E-state index is 0.559. The summed E-state index contributed by atoms with van der Waals surface area (Å²) in [6.45, 7) is 12.8. The molecule has 0 aromatic heterocycles. The molecule has 0 aliphatic carbocycles. The molecule has 1 N–H and O–H groups in total. The van der Waals surface area contributed by atoms with E-state index in [1.807, 2.05) is 0 Å². The second-order valence-electron chi connectivity index (χ2n) is 7.36. The van der Waals surface area contributed by atoms with E-state index in [0.29, 0.717) is 11.5 Å². The van der Waals surface area contributed by atoms with Crippen molar-refractivity contribution < 1.29 is 0 Å². The highest BCUT2D eigenvalue weighted by molar-refractivity contribution is 4.81. The van der Waals surface area contributed by atoms with Crippen LogP contribution in [0.5, 0.6) is 0 Å². The molecule has 1 heteroatoms. The van der Waals surface area contributed by atoms with Crippen molar-refractivity contribution in [3.05, 3.63) is 0 Å². The lowest BCUT2D eigenvalue weighted by molar-refractivity contribution is 0.199. The standard InChI is InChI=1S/C20H43N/c1-6-9-11-12-13-14-15-17-20(8-3,16-10-7-2)18-21-19(4)5/h19,21H,6-18H2,1-5H3. The van der Waals surface area contributed by atoms with Gasteiger partial charge in [0.05, 0.1) is 0 Å². The Morgan fingerprint density at radius 1 is 0.714 bits per heavy atom. The average Bonchev–Trinajstić information content (AvgIpc) is 2.48. The Hall–Kier alpha value is -0.0400. The molecule has 0 heterocycles. The van der Waals surface area contributed by atoms with Crippen LogP contribution in [-0.4, -0.2) is 12.6 Å². The van der Waals surface area contributed by atoms with Gasteiger partial charge < -0.3 is 5.32 Å². The third-order valence-corrected chi connectivity index (χ3v) is 5.01. The quantitative estimate of drug-likeness (QED) is 0.331. The fourth-order valence-electron chi connectivity index (χ4n) is 3.21. The summed E-state index contributed by atoms with van der Waals surface area (Å²) in [5.41, 5.74) is 0.559. The Morgan fingerprint density at radius 3 is 1.76 bits per heavy atom. The molecular formula is C20H43N. The van der Waals surface area contributed by atoms with Crippen molar-refractivity contribution in [1.29, 1.82) is 0 Å². The van der Waals surface area contributed by atoms with Gasteiger partial charge >= 0.3 is 0 Å². The number of hydrogen-bond donors (Lipinski definition) is 1. The van der Waals surface area contributed by atoms with Crippen molar-refractivity contribution in [3.8, 4) is 0 Å². The van der Waals surface area contributed by atoms with Crippen molar-refractivity contribution in [2.75, 3.05) is 6.54 Å². The molecule has 0 radical (unpaired) electrons. The highest BCUT2D eigenvalue weighted by Crippen LogP contribution is 2.34. The third kappa shape index (κ3) is 11.2. The van der Waals surface area contributed by atoms with Gasteiger partial charge in [-0.15, -0.1) is 0 Å². The second kappa shape index (κ2) is 13.6. The van der Waals surface area contributed by atoms with E-state index in [2.05, 4.69) is 39.9 Å². The molecule has 0 aromatic carbocycles. The van der Waals surface area contributed by atoms with E-state index in [1.54, 1.807) is 0 Å². The van der Waals surface area contributed by atoms with E-state index in [0.717, 1.165) is 0 Å². The van der Waals surface area contributed by atoms with Crippen molar-refractivity contribution in [2.24, 2.45) is 5.41 Å². The zero-order chi connectivity index (χ0) is 16.0. The minimum Gasteiger partial charge on any atom is -0.314 e. The average molecular weight is 298 g/mol. The van der Waals surface area contributed by atoms with Crippen LogP contribution in [0.4, 0.5) is 0 Å². The smallest absolute Gasteiger partial charge is 0.00106 e. The molecule has 1 unspecified atom stereocenters. The lowest BCUT2D eigenvalue weighted by Crippen LogP contribution is -2.37. The second-order valence-corrected chi connectivity index (χ2v) is 7.36. The van der Waals surface area contributed by atoms with Gasteiger partial charge in [0.1, 0.15) is 0 Å². The fraction of sp³-hybridized carbons (Fsp3) is 1.00. The summed E-state index contributed by atoms with van der Waals surface area (Å²) in [6, 6.07) is 0.617. The SMILES string of the molecule is CCCCCCCCCC(CC)(CCCC)CNC(C)C. The molecule has 0 saturated carbocycles. The van der Waals surface area contributed by atoms with Crippen molar-refractivity contribution >= 4 is 0 Å². The van der Waals surface area contributed by atoms with Crippen LogP contribution in [-0.2, 0) is 0 Å². The molecule has 0 aliphatic rings. The summed E-state index contributed by atoms with van der Waals surface area (Å²) in [5, 5.41) is 3.72. The van der Waals surface area contributed by atoms with Gasteiger partial charge in [-0.1, -0.05) is 92.4 Å². The molecule has 21 heavy (non-hydrogen) atoms. The van der Waals surface area contributed by atoms with Gasteiger partial charge in [0, 0.05) is 12.6 Å². The normalized spacial score (nSPS) is 14.6. The van der Waals surface area contributed by atoms with Crippen molar-refractivity contribution in [2.45, 2.75) is 118 Å².